The van der Waals surface area contributed by atoms with E-state index in [0.717, 1.165) is 6.42 Å². The monoisotopic (exact) mass is 382 g/mol. The van der Waals surface area contributed by atoms with Crippen molar-refractivity contribution in [3.63, 3.8) is 0 Å². The molecule has 0 radical (unpaired) electrons. The van der Waals surface area contributed by atoms with Gasteiger partial charge in [-0.2, -0.15) is 0 Å². The van der Waals surface area contributed by atoms with Gasteiger partial charge >= 0.3 is 5.97 Å². The second-order valence-electron chi connectivity index (χ2n) is 6.58. The summed E-state index contributed by atoms with van der Waals surface area (Å²) < 4.78 is 11.0. The molecule has 0 saturated heterocycles. The van der Waals surface area contributed by atoms with Crippen molar-refractivity contribution in [1.29, 1.82) is 0 Å². The fourth-order valence-corrected chi connectivity index (χ4v) is 2.66. The molecule has 2 aromatic rings. The van der Waals surface area contributed by atoms with E-state index < -0.39 is 5.97 Å². The molecule has 2 aromatic carbocycles. The van der Waals surface area contributed by atoms with E-state index in [2.05, 4.69) is 6.58 Å². The molecule has 5 nitrogen and oxygen atoms in total. The molecule has 5 heteroatoms. The van der Waals surface area contributed by atoms with Crippen LogP contribution in [-0.4, -0.2) is 29.6 Å². The molecule has 0 spiro atoms. The van der Waals surface area contributed by atoms with E-state index in [1.807, 2.05) is 13.0 Å². The van der Waals surface area contributed by atoms with Crippen LogP contribution in [-0.2, 0) is 9.53 Å². The van der Waals surface area contributed by atoms with Crippen molar-refractivity contribution in [2.24, 2.45) is 0 Å². The lowest BCUT2D eigenvalue weighted by molar-refractivity contribution is -0.139. The fraction of sp³-hybridized carbons (Fsp3) is 0.304. The van der Waals surface area contributed by atoms with Crippen molar-refractivity contribution in [3.8, 4) is 11.5 Å². The van der Waals surface area contributed by atoms with Crippen LogP contribution in [0.25, 0.3) is 0 Å². The summed E-state index contributed by atoms with van der Waals surface area (Å²) in [6.45, 7) is 7.46. The second-order valence-corrected chi connectivity index (χ2v) is 6.58. The van der Waals surface area contributed by atoms with Crippen LogP contribution in [0.15, 0.2) is 60.7 Å². The normalized spacial score (nSPS) is 11.5. The predicted octanol–water partition coefficient (Wildman–Crippen LogP) is 4.68. The van der Waals surface area contributed by atoms with Gasteiger partial charge in [0.05, 0.1) is 18.3 Å². The van der Waals surface area contributed by atoms with Gasteiger partial charge in [0.2, 0.25) is 0 Å². The third-order valence-electron chi connectivity index (χ3n) is 4.26. The highest BCUT2D eigenvalue weighted by Gasteiger charge is 2.15. The molecule has 0 aliphatic carbocycles. The van der Waals surface area contributed by atoms with Gasteiger partial charge in [0, 0.05) is 17.2 Å². The van der Waals surface area contributed by atoms with Crippen molar-refractivity contribution in [2.75, 3.05) is 6.61 Å². The van der Waals surface area contributed by atoms with Gasteiger partial charge in [-0.3, -0.25) is 4.79 Å². The topological polar surface area (TPSA) is 72.8 Å². The number of ether oxygens (including phenoxy) is 2. The standard InChI is InChI=1S/C23H26O5/c1-4-18(11-8-14-27-23(26)16(2)3)28-19-12-13-20(21(24)15-19)22(25)17-9-6-5-7-10-17/h5-7,9-10,12-13,15,18,24H,2,4,8,11,14H2,1,3H3. The van der Waals surface area contributed by atoms with Crippen LogP contribution >= 0.6 is 0 Å². The zero-order chi connectivity index (χ0) is 20.5. The van der Waals surface area contributed by atoms with Gasteiger partial charge in [-0.05, 0) is 38.3 Å². The molecule has 0 aliphatic heterocycles. The zero-order valence-electron chi connectivity index (χ0n) is 16.3. The van der Waals surface area contributed by atoms with Crippen molar-refractivity contribution in [3.05, 3.63) is 71.8 Å². The molecule has 0 aromatic heterocycles. The highest BCUT2D eigenvalue weighted by molar-refractivity contribution is 6.10. The SMILES string of the molecule is C=C(C)C(=O)OCCCC(CC)Oc1ccc(C(=O)c2ccccc2)c(O)c1. The lowest BCUT2D eigenvalue weighted by Crippen LogP contribution is -2.17. The minimum Gasteiger partial charge on any atom is -0.507 e. The molecule has 0 heterocycles. The van der Waals surface area contributed by atoms with Gasteiger partial charge in [-0.25, -0.2) is 4.79 Å². The lowest BCUT2D eigenvalue weighted by Gasteiger charge is -2.18. The first kappa shape index (κ1) is 21.2. The molecule has 0 amide bonds. The Kier molecular flexibility index (Phi) is 7.81. The number of phenols is 1. The summed E-state index contributed by atoms with van der Waals surface area (Å²) >= 11 is 0. The summed E-state index contributed by atoms with van der Waals surface area (Å²) in [6, 6.07) is 13.5. The van der Waals surface area contributed by atoms with Crippen molar-refractivity contribution in [2.45, 2.75) is 39.2 Å². The highest BCUT2D eigenvalue weighted by Crippen LogP contribution is 2.27. The second kappa shape index (κ2) is 10.3. The Morgan fingerprint density at radius 3 is 2.46 bits per heavy atom. The Labute approximate surface area is 165 Å². The Hall–Kier alpha value is -3.08. The van der Waals surface area contributed by atoms with E-state index >= 15 is 0 Å². The van der Waals surface area contributed by atoms with Crippen LogP contribution in [0.5, 0.6) is 11.5 Å². The molecule has 0 saturated carbocycles. The summed E-state index contributed by atoms with van der Waals surface area (Å²) in [5.74, 6) is -0.252. The molecule has 0 bridgehead atoms. The molecule has 1 atom stereocenters. The fourth-order valence-electron chi connectivity index (χ4n) is 2.66. The molecule has 1 N–H and O–H groups in total. The Morgan fingerprint density at radius 2 is 1.86 bits per heavy atom. The molecule has 0 fully saturated rings. The quantitative estimate of drug-likeness (QED) is 0.280. The molecule has 2 rings (SSSR count). The van der Waals surface area contributed by atoms with E-state index in [4.69, 9.17) is 9.47 Å². The molecular weight excluding hydrogens is 356 g/mol. The van der Waals surface area contributed by atoms with Gasteiger partial charge in [-0.15, -0.1) is 0 Å². The van der Waals surface area contributed by atoms with Gasteiger partial charge in [-0.1, -0.05) is 43.8 Å². The number of esters is 1. The van der Waals surface area contributed by atoms with Gasteiger partial charge in [0.25, 0.3) is 0 Å². The van der Waals surface area contributed by atoms with Crippen molar-refractivity contribution < 1.29 is 24.2 Å². The maximum atomic E-state index is 12.5. The van der Waals surface area contributed by atoms with Crippen LogP contribution in [0.2, 0.25) is 0 Å². The number of hydrogen-bond donors (Lipinski definition) is 1. The Balaban J connectivity index is 1.94. The van der Waals surface area contributed by atoms with Crippen LogP contribution in [0, 0.1) is 0 Å². The number of ketones is 1. The van der Waals surface area contributed by atoms with Crippen molar-refractivity contribution in [1.82, 2.24) is 0 Å². The average Bonchev–Trinajstić information content (AvgIpc) is 2.70. The number of hydrogen-bond acceptors (Lipinski definition) is 5. The summed E-state index contributed by atoms with van der Waals surface area (Å²) in [6.07, 6.45) is 2.04. The minimum absolute atomic E-state index is 0.0846. The smallest absolute Gasteiger partial charge is 0.333 e. The molecule has 0 aliphatic rings. The Bertz CT molecular complexity index is 826. The number of aromatic hydroxyl groups is 1. The molecule has 148 valence electrons. The summed E-state index contributed by atoms with van der Waals surface area (Å²) in [5, 5.41) is 10.3. The van der Waals surface area contributed by atoms with E-state index in [0.29, 0.717) is 36.3 Å². The van der Waals surface area contributed by atoms with Crippen LogP contribution < -0.4 is 4.74 Å². The van der Waals surface area contributed by atoms with E-state index in [1.54, 1.807) is 43.3 Å². The maximum absolute atomic E-state index is 12.5. The van der Waals surface area contributed by atoms with E-state index in [1.165, 1.54) is 6.07 Å². The predicted molar refractivity (Wildman–Crippen MR) is 108 cm³/mol. The number of rotatable bonds is 10. The molecular formula is C23H26O5. The van der Waals surface area contributed by atoms with Crippen LogP contribution in [0.1, 0.15) is 49.0 Å². The third-order valence-corrected chi connectivity index (χ3v) is 4.26. The summed E-state index contributed by atoms with van der Waals surface area (Å²) in [5.41, 5.74) is 1.13. The largest absolute Gasteiger partial charge is 0.507 e. The third kappa shape index (κ3) is 5.98. The number of phenolic OH excluding ortho intramolecular Hbond substituents is 1. The van der Waals surface area contributed by atoms with Gasteiger partial charge in [0.15, 0.2) is 5.78 Å². The van der Waals surface area contributed by atoms with Crippen LogP contribution in [0.4, 0.5) is 0 Å². The van der Waals surface area contributed by atoms with Gasteiger partial charge < -0.3 is 14.6 Å². The Morgan fingerprint density at radius 1 is 1.14 bits per heavy atom. The number of carbonyl (C=O) groups is 2. The maximum Gasteiger partial charge on any atom is 0.333 e. The summed E-state index contributed by atoms with van der Waals surface area (Å²) in [4.78, 5) is 23.9. The van der Waals surface area contributed by atoms with Gasteiger partial charge in [0.1, 0.15) is 11.5 Å². The molecule has 28 heavy (non-hydrogen) atoms. The first-order chi connectivity index (χ1) is 13.4. The van der Waals surface area contributed by atoms with Crippen molar-refractivity contribution >= 4 is 11.8 Å². The molecule has 1 unspecified atom stereocenters. The minimum atomic E-state index is -0.391. The average molecular weight is 382 g/mol. The van der Waals surface area contributed by atoms with E-state index in [9.17, 15) is 14.7 Å². The summed E-state index contributed by atoms with van der Waals surface area (Å²) in [7, 11) is 0. The number of carbonyl (C=O) groups excluding carboxylic acids is 2. The highest BCUT2D eigenvalue weighted by atomic mass is 16.5. The first-order valence-corrected chi connectivity index (χ1v) is 9.34. The lowest BCUT2D eigenvalue weighted by atomic mass is 10.0. The van der Waals surface area contributed by atoms with Crippen LogP contribution in [0.3, 0.4) is 0 Å². The first-order valence-electron chi connectivity index (χ1n) is 9.34. The zero-order valence-corrected chi connectivity index (χ0v) is 16.3. The number of benzene rings is 2. The van der Waals surface area contributed by atoms with E-state index in [-0.39, 0.29) is 23.2 Å².